The molecule has 0 N–H and O–H groups in total. The molecule has 23 heavy (non-hydrogen) atoms. The van der Waals surface area contributed by atoms with E-state index in [0.29, 0.717) is 24.2 Å². The Kier molecular flexibility index (Phi) is 3.06. The van der Waals surface area contributed by atoms with Crippen LogP contribution in [0.4, 0.5) is 4.39 Å². The van der Waals surface area contributed by atoms with Gasteiger partial charge in [0.2, 0.25) is 5.72 Å². The fraction of sp³-hybridized carbons (Fsp3) is 0.412. The summed E-state index contributed by atoms with van der Waals surface area (Å²) in [4.78, 5) is 25.8. The average Bonchev–Trinajstić information content (AvgIpc) is 2.64. The zero-order valence-electron chi connectivity index (χ0n) is 12.7. The molecule has 2 atom stereocenters. The van der Waals surface area contributed by atoms with E-state index >= 15 is 0 Å². The van der Waals surface area contributed by atoms with Gasteiger partial charge < -0.3 is 9.47 Å². The molecule has 0 aliphatic carbocycles. The van der Waals surface area contributed by atoms with E-state index in [9.17, 15) is 14.0 Å². The fourth-order valence-corrected chi connectivity index (χ4v) is 3.83. The summed E-state index contributed by atoms with van der Waals surface area (Å²) in [7, 11) is 1.87. The fourth-order valence-electron chi connectivity index (χ4n) is 3.83. The maximum absolute atomic E-state index is 13.6. The van der Waals surface area contributed by atoms with Crippen molar-refractivity contribution in [3.63, 3.8) is 0 Å². The van der Waals surface area contributed by atoms with Gasteiger partial charge >= 0.3 is 11.9 Å². The minimum Gasteiger partial charge on any atom is -0.435 e. The van der Waals surface area contributed by atoms with Crippen molar-refractivity contribution in [1.82, 2.24) is 4.90 Å². The summed E-state index contributed by atoms with van der Waals surface area (Å²) in [6.07, 6.45) is 1.62. The van der Waals surface area contributed by atoms with Crippen LogP contribution in [-0.4, -0.2) is 35.7 Å². The average molecular weight is 317 g/mol. The Labute approximate surface area is 132 Å². The number of esters is 2. The summed E-state index contributed by atoms with van der Waals surface area (Å²) in [6.45, 7) is 0. The molecule has 0 amide bonds. The predicted octanol–water partition coefficient (Wildman–Crippen LogP) is 2.22. The van der Waals surface area contributed by atoms with Gasteiger partial charge in [0.15, 0.2) is 5.76 Å². The third-order valence-electron chi connectivity index (χ3n) is 4.96. The maximum atomic E-state index is 13.6. The number of nitrogens with zero attached hydrogens (tertiary/aromatic N) is 1. The molecule has 3 aliphatic heterocycles. The first kappa shape index (κ1) is 14.4. The van der Waals surface area contributed by atoms with E-state index < -0.39 is 24.1 Å². The van der Waals surface area contributed by atoms with Crippen LogP contribution in [0, 0.1) is 5.82 Å². The number of likely N-dealkylation sites (N-methyl/N-ethyl adjacent to an activating group) is 1. The molecule has 0 radical (unpaired) electrons. The van der Waals surface area contributed by atoms with E-state index in [-0.39, 0.29) is 11.9 Å². The Morgan fingerprint density at radius 3 is 2.91 bits per heavy atom. The lowest BCUT2D eigenvalue weighted by molar-refractivity contribution is -0.172. The summed E-state index contributed by atoms with van der Waals surface area (Å²) >= 11 is 0. The van der Waals surface area contributed by atoms with E-state index in [1.165, 1.54) is 12.1 Å². The van der Waals surface area contributed by atoms with Crippen molar-refractivity contribution < 1.29 is 23.5 Å². The zero-order chi connectivity index (χ0) is 16.2. The Hall–Kier alpha value is -2.21. The molecule has 0 saturated carbocycles. The SMILES string of the molecule is CN1C2CCC13OC(=O)CC(=O)OC3=C(c1cccc(F)c1)C2. The molecule has 4 rings (SSSR count). The van der Waals surface area contributed by atoms with Crippen molar-refractivity contribution in [2.45, 2.75) is 37.5 Å². The molecule has 1 aromatic carbocycles. The van der Waals surface area contributed by atoms with Crippen LogP contribution < -0.4 is 0 Å². The number of hydrogen-bond donors (Lipinski definition) is 0. The molecule has 2 saturated heterocycles. The minimum atomic E-state index is -1.05. The van der Waals surface area contributed by atoms with Gasteiger partial charge in [-0.15, -0.1) is 0 Å². The van der Waals surface area contributed by atoms with Gasteiger partial charge in [0.1, 0.15) is 12.2 Å². The molecule has 3 heterocycles. The van der Waals surface area contributed by atoms with Crippen LogP contribution in [0.2, 0.25) is 0 Å². The molecule has 0 aromatic heterocycles. The van der Waals surface area contributed by atoms with Gasteiger partial charge in [0.25, 0.3) is 0 Å². The second kappa shape index (κ2) is 4.89. The smallest absolute Gasteiger partial charge is 0.322 e. The molecule has 120 valence electrons. The second-order valence-electron chi connectivity index (χ2n) is 6.23. The van der Waals surface area contributed by atoms with Gasteiger partial charge in [-0.2, -0.15) is 0 Å². The number of rotatable bonds is 1. The first-order valence-electron chi connectivity index (χ1n) is 7.64. The molecule has 6 heteroatoms. The third kappa shape index (κ3) is 2.09. The highest BCUT2D eigenvalue weighted by molar-refractivity contribution is 5.94. The number of carbonyl (C=O) groups excluding carboxylic acids is 2. The van der Waals surface area contributed by atoms with Gasteiger partial charge in [0, 0.05) is 18.0 Å². The Morgan fingerprint density at radius 2 is 2.13 bits per heavy atom. The number of halogens is 1. The molecular weight excluding hydrogens is 301 g/mol. The van der Waals surface area contributed by atoms with Crippen LogP contribution in [-0.2, 0) is 19.1 Å². The van der Waals surface area contributed by atoms with Crippen LogP contribution in [0.3, 0.4) is 0 Å². The van der Waals surface area contributed by atoms with Gasteiger partial charge in [-0.3, -0.25) is 14.5 Å². The first-order chi connectivity index (χ1) is 11.0. The van der Waals surface area contributed by atoms with E-state index in [2.05, 4.69) is 0 Å². The molecule has 2 fully saturated rings. The van der Waals surface area contributed by atoms with Gasteiger partial charge in [0.05, 0.1) is 0 Å². The lowest BCUT2D eigenvalue weighted by Crippen LogP contribution is -2.52. The molecule has 3 aliphatic rings. The van der Waals surface area contributed by atoms with Crippen molar-refractivity contribution in [2.24, 2.45) is 0 Å². The van der Waals surface area contributed by atoms with Crippen LogP contribution in [0.25, 0.3) is 5.57 Å². The molecular formula is C17H16FNO4. The van der Waals surface area contributed by atoms with Crippen molar-refractivity contribution >= 4 is 17.5 Å². The Morgan fingerprint density at radius 1 is 1.30 bits per heavy atom. The van der Waals surface area contributed by atoms with Crippen LogP contribution >= 0.6 is 0 Å². The summed E-state index contributed by atoms with van der Waals surface area (Å²) in [5.41, 5.74) is 0.358. The standard InChI is InChI=1S/C17H16FNO4/c1-19-12-5-6-17(19)16(22-14(20)9-15(21)23-17)13(8-12)10-3-2-4-11(18)7-10/h2-4,7,12H,5-6,8-9H2,1H3. The summed E-state index contributed by atoms with van der Waals surface area (Å²) in [5.74, 6) is -1.23. The Balaban J connectivity index is 1.93. The number of hydrogen-bond acceptors (Lipinski definition) is 5. The summed E-state index contributed by atoms with van der Waals surface area (Å²) in [5, 5.41) is 0. The van der Waals surface area contributed by atoms with Crippen LogP contribution in [0.15, 0.2) is 30.0 Å². The highest BCUT2D eigenvalue weighted by Crippen LogP contribution is 2.51. The van der Waals surface area contributed by atoms with Crippen LogP contribution in [0.1, 0.15) is 31.2 Å². The number of ether oxygens (including phenoxy) is 2. The van der Waals surface area contributed by atoms with Gasteiger partial charge in [-0.05, 0) is 37.6 Å². The van der Waals surface area contributed by atoms with Crippen molar-refractivity contribution in [2.75, 3.05) is 7.05 Å². The largest absolute Gasteiger partial charge is 0.435 e. The Bertz CT molecular complexity index is 744. The topological polar surface area (TPSA) is 55.8 Å². The van der Waals surface area contributed by atoms with Crippen LogP contribution in [0.5, 0.6) is 0 Å². The summed E-state index contributed by atoms with van der Waals surface area (Å²) < 4.78 is 24.8. The first-order valence-corrected chi connectivity index (χ1v) is 7.64. The lowest BCUT2D eigenvalue weighted by Gasteiger charge is -2.41. The zero-order valence-corrected chi connectivity index (χ0v) is 12.7. The van der Waals surface area contributed by atoms with E-state index in [1.807, 2.05) is 11.9 Å². The monoisotopic (exact) mass is 317 g/mol. The van der Waals surface area contributed by atoms with E-state index in [0.717, 1.165) is 12.0 Å². The maximum Gasteiger partial charge on any atom is 0.322 e. The number of fused-ring (bicyclic) bond motifs is 1. The molecule has 1 spiro atoms. The normalized spacial score (nSPS) is 30.6. The molecule has 1 aromatic rings. The van der Waals surface area contributed by atoms with E-state index in [1.54, 1.807) is 12.1 Å². The van der Waals surface area contributed by atoms with Gasteiger partial charge in [-0.25, -0.2) is 4.39 Å². The predicted molar refractivity (Wildman–Crippen MR) is 78.3 cm³/mol. The van der Waals surface area contributed by atoms with Crippen molar-refractivity contribution in [3.8, 4) is 0 Å². The summed E-state index contributed by atoms with van der Waals surface area (Å²) in [6, 6.07) is 6.36. The quantitative estimate of drug-likeness (QED) is 0.587. The highest BCUT2D eigenvalue weighted by atomic mass is 19.1. The molecule has 2 unspecified atom stereocenters. The lowest BCUT2D eigenvalue weighted by atomic mass is 9.92. The molecule has 2 bridgehead atoms. The molecule has 5 nitrogen and oxygen atoms in total. The highest BCUT2D eigenvalue weighted by Gasteiger charge is 2.57. The second-order valence-corrected chi connectivity index (χ2v) is 6.23. The minimum absolute atomic E-state index is 0.168. The third-order valence-corrected chi connectivity index (χ3v) is 4.96. The van der Waals surface area contributed by atoms with Gasteiger partial charge in [-0.1, -0.05) is 12.1 Å². The van der Waals surface area contributed by atoms with Crippen molar-refractivity contribution in [1.29, 1.82) is 0 Å². The van der Waals surface area contributed by atoms with Crippen molar-refractivity contribution in [3.05, 3.63) is 41.4 Å². The number of carbonyl (C=O) groups is 2. The van der Waals surface area contributed by atoms with E-state index in [4.69, 9.17) is 9.47 Å². The number of benzene rings is 1.